The summed E-state index contributed by atoms with van der Waals surface area (Å²) in [5.41, 5.74) is 2.92. The number of ketones is 2. The van der Waals surface area contributed by atoms with Crippen LogP contribution < -0.4 is 0 Å². The van der Waals surface area contributed by atoms with E-state index in [2.05, 4.69) is 4.98 Å². The minimum Gasteiger partial charge on any atom is -0.457 e. The van der Waals surface area contributed by atoms with Gasteiger partial charge in [-0.15, -0.1) is 11.3 Å². The summed E-state index contributed by atoms with van der Waals surface area (Å²) in [5, 5.41) is 2.60. The first-order chi connectivity index (χ1) is 14.6. The van der Waals surface area contributed by atoms with E-state index >= 15 is 0 Å². The van der Waals surface area contributed by atoms with Crippen LogP contribution in [0.25, 0.3) is 22.2 Å². The molecule has 0 atom stereocenters. The lowest BCUT2D eigenvalue weighted by atomic mass is 10.0. The lowest BCUT2D eigenvalue weighted by Gasteiger charge is -2.06. The summed E-state index contributed by atoms with van der Waals surface area (Å²) in [5.74, 6) is -0.949. The summed E-state index contributed by atoms with van der Waals surface area (Å²) < 4.78 is 5.18. The summed E-state index contributed by atoms with van der Waals surface area (Å²) in [6.07, 6.45) is 0.0132. The number of benzene rings is 2. The molecule has 5 nitrogen and oxygen atoms in total. The molecule has 2 heterocycles. The van der Waals surface area contributed by atoms with Crippen LogP contribution in [0.5, 0.6) is 0 Å². The smallest absolute Gasteiger partial charge is 0.306 e. The molecular weight excluding hydrogens is 398 g/mol. The van der Waals surface area contributed by atoms with Gasteiger partial charge in [-0.25, -0.2) is 0 Å². The third-order valence-corrected chi connectivity index (χ3v) is 5.67. The van der Waals surface area contributed by atoms with Crippen molar-refractivity contribution in [2.24, 2.45) is 0 Å². The van der Waals surface area contributed by atoms with Gasteiger partial charge in [0, 0.05) is 17.3 Å². The standard InChI is InChI=1S/C24H19NO4S/c26-19(21-11-6-14-30-21)12-13-22(28)29-15-20(27)23-17-9-4-5-10-18(17)25-24(23)16-7-2-1-3-8-16/h1-11,14,25H,12-13,15H2. The number of esters is 1. The molecule has 6 heteroatoms. The van der Waals surface area contributed by atoms with E-state index in [0.29, 0.717) is 16.1 Å². The van der Waals surface area contributed by atoms with Gasteiger partial charge >= 0.3 is 5.97 Å². The molecule has 0 bridgehead atoms. The SMILES string of the molecule is O=C(CCC(=O)c1cccs1)OCC(=O)c1c(-c2ccccc2)[nH]c2ccccc12. The Morgan fingerprint density at radius 2 is 1.60 bits per heavy atom. The molecule has 0 aliphatic rings. The minimum atomic E-state index is -0.561. The molecule has 0 unspecified atom stereocenters. The predicted octanol–water partition coefficient (Wildman–Crippen LogP) is 5.29. The topological polar surface area (TPSA) is 76.2 Å². The third kappa shape index (κ3) is 4.23. The van der Waals surface area contributed by atoms with Crippen molar-refractivity contribution in [3.8, 4) is 11.3 Å². The second kappa shape index (κ2) is 8.88. The molecule has 0 aliphatic heterocycles. The molecule has 150 valence electrons. The Hall–Kier alpha value is -3.51. The summed E-state index contributed by atoms with van der Waals surface area (Å²) in [6, 6.07) is 20.6. The number of aromatic amines is 1. The number of hydrogen-bond donors (Lipinski definition) is 1. The highest BCUT2D eigenvalue weighted by molar-refractivity contribution is 7.12. The fourth-order valence-electron chi connectivity index (χ4n) is 3.32. The Kier molecular flexibility index (Phi) is 5.86. The summed E-state index contributed by atoms with van der Waals surface area (Å²) in [6.45, 7) is -0.367. The van der Waals surface area contributed by atoms with Gasteiger partial charge in [0.1, 0.15) is 0 Å². The van der Waals surface area contributed by atoms with Crippen LogP contribution in [0.2, 0.25) is 0 Å². The lowest BCUT2D eigenvalue weighted by molar-refractivity contribution is -0.142. The molecule has 0 saturated heterocycles. The Morgan fingerprint density at radius 1 is 0.833 bits per heavy atom. The second-order valence-electron chi connectivity index (χ2n) is 6.77. The zero-order chi connectivity index (χ0) is 20.9. The number of carbonyl (C=O) groups excluding carboxylic acids is 3. The largest absolute Gasteiger partial charge is 0.457 e. The first kappa shape index (κ1) is 19.8. The van der Waals surface area contributed by atoms with Gasteiger partial charge in [-0.3, -0.25) is 14.4 Å². The van der Waals surface area contributed by atoms with E-state index in [9.17, 15) is 14.4 Å². The van der Waals surface area contributed by atoms with E-state index in [0.717, 1.165) is 16.5 Å². The van der Waals surface area contributed by atoms with Crippen molar-refractivity contribution in [1.82, 2.24) is 4.98 Å². The average molecular weight is 417 g/mol. The number of nitrogens with one attached hydrogen (secondary N) is 1. The molecule has 1 N–H and O–H groups in total. The van der Waals surface area contributed by atoms with E-state index in [1.165, 1.54) is 11.3 Å². The molecule has 0 radical (unpaired) electrons. The second-order valence-corrected chi connectivity index (χ2v) is 7.72. The van der Waals surface area contributed by atoms with Gasteiger partial charge in [-0.2, -0.15) is 0 Å². The maximum Gasteiger partial charge on any atom is 0.306 e. The maximum absolute atomic E-state index is 13.0. The Labute approximate surface area is 177 Å². The molecular formula is C24H19NO4S. The van der Waals surface area contributed by atoms with Gasteiger partial charge in [-0.1, -0.05) is 54.6 Å². The minimum absolute atomic E-state index is 0.0521. The van der Waals surface area contributed by atoms with E-state index < -0.39 is 5.97 Å². The first-order valence-electron chi connectivity index (χ1n) is 9.55. The average Bonchev–Trinajstić information content (AvgIpc) is 3.44. The predicted molar refractivity (Wildman–Crippen MR) is 117 cm³/mol. The number of Topliss-reactive ketones (excluding diaryl/α,β-unsaturated/α-hetero) is 2. The van der Waals surface area contributed by atoms with E-state index in [1.807, 2.05) is 60.0 Å². The molecule has 0 amide bonds. The number of ether oxygens (including phenoxy) is 1. The molecule has 0 fully saturated rings. The highest BCUT2D eigenvalue weighted by Gasteiger charge is 2.21. The summed E-state index contributed by atoms with van der Waals surface area (Å²) in [4.78, 5) is 41.0. The summed E-state index contributed by atoms with van der Waals surface area (Å²) >= 11 is 1.34. The van der Waals surface area contributed by atoms with Gasteiger partial charge < -0.3 is 9.72 Å². The number of aromatic nitrogens is 1. The number of fused-ring (bicyclic) bond motifs is 1. The number of carbonyl (C=O) groups is 3. The van der Waals surface area contributed by atoms with Crippen molar-refractivity contribution in [3.63, 3.8) is 0 Å². The van der Waals surface area contributed by atoms with Crippen LogP contribution in [0.1, 0.15) is 32.9 Å². The normalized spacial score (nSPS) is 10.8. The lowest BCUT2D eigenvalue weighted by Crippen LogP contribution is -2.15. The first-order valence-corrected chi connectivity index (χ1v) is 10.4. The molecule has 4 aromatic rings. The quantitative estimate of drug-likeness (QED) is 0.312. The highest BCUT2D eigenvalue weighted by atomic mass is 32.1. The number of para-hydroxylation sites is 1. The van der Waals surface area contributed by atoms with Crippen molar-refractivity contribution >= 4 is 39.8 Å². The number of H-pyrrole nitrogens is 1. The van der Waals surface area contributed by atoms with E-state index in [-0.39, 0.29) is 31.0 Å². The van der Waals surface area contributed by atoms with E-state index in [4.69, 9.17) is 4.74 Å². The molecule has 4 rings (SSSR count). The Balaban J connectivity index is 1.47. The van der Waals surface area contributed by atoms with Gasteiger partial charge in [0.2, 0.25) is 5.78 Å². The van der Waals surface area contributed by atoms with Crippen molar-refractivity contribution in [3.05, 3.63) is 82.6 Å². The van der Waals surface area contributed by atoms with Crippen LogP contribution in [0.4, 0.5) is 0 Å². The van der Waals surface area contributed by atoms with Crippen LogP contribution in [0.15, 0.2) is 72.1 Å². The number of rotatable bonds is 8. The van der Waals surface area contributed by atoms with Crippen molar-refractivity contribution in [2.75, 3.05) is 6.61 Å². The van der Waals surface area contributed by atoms with E-state index in [1.54, 1.807) is 12.1 Å². The van der Waals surface area contributed by atoms with Gasteiger partial charge in [0.05, 0.1) is 22.6 Å². The van der Waals surface area contributed by atoms with Crippen LogP contribution in [-0.2, 0) is 9.53 Å². The Bertz CT molecular complexity index is 1190. The molecule has 30 heavy (non-hydrogen) atoms. The molecule has 0 saturated carbocycles. The number of hydrogen-bond acceptors (Lipinski definition) is 5. The van der Waals surface area contributed by atoms with Crippen LogP contribution >= 0.6 is 11.3 Å². The fraction of sp³-hybridized carbons (Fsp3) is 0.125. The zero-order valence-electron chi connectivity index (χ0n) is 16.1. The molecule has 0 spiro atoms. The Morgan fingerprint density at radius 3 is 2.37 bits per heavy atom. The monoisotopic (exact) mass is 417 g/mol. The zero-order valence-corrected chi connectivity index (χ0v) is 16.9. The molecule has 0 aliphatic carbocycles. The third-order valence-electron chi connectivity index (χ3n) is 4.76. The van der Waals surface area contributed by atoms with Crippen LogP contribution in [0, 0.1) is 0 Å². The van der Waals surface area contributed by atoms with Crippen molar-refractivity contribution in [1.29, 1.82) is 0 Å². The van der Waals surface area contributed by atoms with Gasteiger partial charge in [0.25, 0.3) is 0 Å². The fourth-order valence-corrected chi connectivity index (χ4v) is 4.01. The van der Waals surface area contributed by atoms with Gasteiger partial charge in [0.15, 0.2) is 12.4 Å². The molecule has 2 aromatic heterocycles. The van der Waals surface area contributed by atoms with Gasteiger partial charge in [-0.05, 0) is 23.1 Å². The number of thiophene rings is 1. The van der Waals surface area contributed by atoms with Crippen LogP contribution in [-0.4, -0.2) is 29.1 Å². The van der Waals surface area contributed by atoms with Crippen molar-refractivity contribution in [2.45, 2.75) is 12.8 Å². The van der Waals surface area contributed by atoms with Crippen molar-refractivity contribution < 1.29 is 19.1 Å². The van der Waals surface area contributed by atoms with Crippen LogP contribution in [0.3, 0.4) is 0 Å². The summed E-state index contributed by atoms with van der Waals surface area (Å²) in [7, 11) is 0. The molecule has 2 aromatic carbocycles. The highest BCUT2D eigenvalue weighted by Crippen LogP contribution is 2.30. The maximum atomic E-state index is 13.0.